The van der Waals surface area contributed by atoms with E-state index in [4.69, 9.17) is 14.2 Å². The van der Waals surface area contributed by atoms with Gasteiger partial charge in [-0.2, -0.15) is 0 Å². The zero-order chi connectivity index (χ0) is 42.1. The maximum atomic E-state index is 12.7. The highest BCUT2D eigenvalue weighted by Gasteiger charge is 2.17. The molecule has 0 aromatic rings. The van der Waals surface area contributed by atoms with Crippen LogP contribution in [0.1, 0.15) is 278 Å². The molecule has 5 nitrogen and oxygen atoms in total. The molecule has 342 valence electrons. The standard InChI is InChI=1S/C53H100O5/c1-4-7-10-13-16-19-21-23-24-25-26-27-28-29-31-33-36-39-42-45-48-56-49-51(58-53(55)47-44-41-38-34-18-15-12-9-6-3)50-57-52(54)46-43-40-37-35-32-30-22-20-17-14-11-8-5-2/h11,14,20,22,51H,4-10,12-13,15-19,21,23-50H2,1-3H3/b14-11-,22-20-. The summed E-state index contributed by atoms with van der Waals surface area (Å²) in [6, 6.07) is 0. The summed E-state index contributed by atoms with van der Waals surface area (Å²) in [6.07, 6.45) is 57.7. The minimum atomic E-state index is -0.532. The minimum absolute atomic E-state index is 0.0849. The van der Waals surface area contributed by atoms with Crippen molar-refractivity contribution in [3.05, 3.63) is 24.3 Å². The third-order valence-electron chi connectivity index (χ3n) is 11.5. The van der Waals surface area contributed by atoms with Crippen LogP contribution in [0.4, 0.5) is 0 Å². The molecule has 0 spiro atoms. The van der Waals surface area contributed by atoms with Gasteiger partial charge in [0.05, 0.1) is 6.61 Å². The van der Waals surface area contributed by atoms with Crippen molar-refractivity contribution in [1.29, 1.82) is 0 Å². The molecule has 1 unspecified atom stereocenters. The molecule has 0 aromatic carbocycles. The van der Waals surface area contributed by atoms with Gasteiger partial charge in [-0.1, -0.05) is 244 Å². The van der Waals surface area contributed by atoms with Crippen molar-refractivity contribution < 1.29 is 23.8 Å². The Balaban J connectivity index is 4.11. The molecule has 0 heterocycles. The zero-order valence-corrected chi connectivity index (χ0v) is 39.3. The summed E-state index contributed by atoms with van der Waals surface area (Å²) in [5, 5.41) is 0. The molecule has 58 heavy (non-hydrogen) atoms. The summed E-state index contributed by atoms with van der Waals surface area (Å²) in [5.41, 5.74) is 0. The maximum Gasteiger partial charge on any atom is 0.306 e. The van der Waals surface area contributed by atoms with Crippen LogP contribution >= 0.6 is 0 Å². The van der Waals surface area contributed by atoms with E-state index in [0.717, 1.165) is 51.4 Å². The molecular weight excluding hydrogens is 717 g/mol. The van der Waals surface area contributed by atoms with Crippen LogP contribution in [-0.2, 0) is 23.8 Å². The van der Waals surface area contributed by atoms with Crippen molar-refractivity contribution >= 4 is 11.9 Å². The molecule has 0 aromatic heterocycles. The van der Waals surface area contributed by atoms with Crippen LogP contribution in [0.25, 0.3) is 0 Å². The van der Waals surface area contributed by atoms with Gasteiger partial charge in [0.1, 0.15) is 6.61 Å². The van der Waals surface area contributed by atoms with E-state index < -0.39 is 6.10 Å². The largest absolute Gasteiger partial charge is 0.462 e. The van der Waals surface area contributed by atoms with Gasteiger partial charge in [-0.15, -0.1) is 0 Å². The van der Waals surface area contributed by atoms with Crippen molar-refractivity contribution in [2.45, 2.75) is 284 Å². The number of ether oxygens (including phenoxy) is 3. The lowest BCUT2D eigenvalue weighted by Crippen LogP contribution is -2.30. The van der Waals surface area contributed by atoms with Crippen molar-refractivity contribution in [1.82, 2.24) is 0 Å². The fourth-order valence-corrected chi connectivity index (χ4v) is 7.61. The van der Waals surface area contributed by atoms with Crippen molar-refractivity contribution in [2.24, 2.45) is 0 Å². The van der Waals surface area contributed by atoms with Gasteiger partial charge in [-0.05, 0) is 44.9 Å². The highest BCUT2D eigenvalue weighted by molar-refractivity contribution is 5.70. The fourth-order valence-electron chi connectivity index (χ4n) is 7.61. The van der Waals surface area contributed by atoms with E-state index in [-0.39, 0.29) is 18.5 Å². The highest BCUT2D eigenvalue weighted by Crippen LogP contribution is 2.16. The molecule has 0 aliphatic rings. The molecule has 1 atom stereocenters. The number of hydrogen-bond donors (Lipinski definition) is 0. The van der Waals surface area contributed by atoms with Gasteiger partial charge in [0, 0.05) is 19.4 Å². The number of unbranched alkanes of at least 4 members (excludes halogenated alkanes) is 33. The number of carbonyl (C=O) groups excluding carboxylic acids is 2. The molecule has 0 fully saturated rings. The van der Waals surface area contributed by atoms with Crippen LogP contribution in [0.5, 0.6) is 0 Å². The Morgan fingerprint density at radius 2 is 0.759 bits per heavy atom. The summed E-state index contributed by atoms with van der Waals surface area (Å²) >= 11 is 0. The maximum absolute atomic E-state index is 12.7. The second kappa shape index (κ2) is 49.7. The van der Waals surface area contributed by atoms with Crippen molar-refractivity contribution in [2.75, 3.05) is 19.8 Å². The van der Waals surface area contributed by atoms with E-state index in [0.29, 0.717) is 26.1 Å². The van der Waals surface area contributed by atoms with Crippen molar-refractivity contribution in [3.63, 3.8) is 0 Å². The fraction of sp³-hybridized carbons (Fsp3) is 0.887. The van der Waals surface area contributed by atoms with Gasteiger partial charge in [0.25, 0.3) is 0 Å². The molecule has 0 aliphatic carbocycles. The highest BCUT2D eigenvalue weighted by atomic mass is 16.6. The summed E-state index contributed by atoms with van der Waals surface area (Å²) in [4.78, 5) is 25.3. The first kappa shape index (κ1) is 56.4. The molecule has 0 radical (unpaired) electrons. The van der Waals surface area contributed by atoms with Gasteiger partial charge in [0.2, 0.25) is 0 Å². The second-order valence-corrected chi connectivity index (χ2v) is 17.4. The molecule has 0 aliphatic heterocycles. The third-order valence-corrected chi connectivity index (χ3v) is 11.5. The molecule has 5 heteroatoms. The molecule has 0 amide bonds. The van der Waals surface area contributed by atoms with E-state index in [1.54, 1.807) is 0 Å². The predicted octanol–water partition coefficient (Wildman–Crippen LogP) is 17.2. The second-order valence-electron chi connectivity index (χ2n) is 17.4. The number of hydrogen-bond acceptors (Lipinski definition) is 5. The van der Waals surface area contributed by atoms with E-state index in [1.807, 2.05) is 0 Å². The lowest BCUT2D eigenvalue weighted by molar-refractivity contribution is -0.163. The van der Waals surface area contributed by atoms with E-state index in [9.17, 15) is 9.59 Å². The van der Waals surface area contributed by atoms with E-state index >= 15 is 0 Å². The Kier molecular flexibility index (Phi) is 48.4. The topological polar surface area (TPSA) is 61.8 Å². The van der Waals surface area contributed by atoms with Crippen LogP contribution in [0, 0.1) is 0 Å². The van der Waals surface area contributed by atoms with Crippen LogP contribution in [0.2, 0.25) is 0 Å². The normalized spacial score (nSPS) is 12.3. The third kappa shape index (κ3) is 47.1. The quantitative estimate of drug-likeness (QED) is 0.0348. The molecule has 0 N–H and O–H groups in total. The average molecular weight is 817 g/mol. The van der Waals surface area contributed by atoms with Crippen LogP contribution in [-0.4, -0.2) is 37.9 Å². The molecule has 0 rings (SSSR count). The summed E-state index contributed by atoms with van der Waals surface area (Å²) < 4.78 is 17.4. The minimum Gasteiger partial charge on any atom is -0.462 e. The Morgan fingerprint density at radius 3 is 1.21 bits per heavy atom. The Hall–Kier alpha value is -1.62. The molecule has 0 saturated heterocycles. The molecule has 0 saturated carbocycles. The van der Waals surface area contributed by atoms with E-state index in [2.05, 4.69) is 45.1 Å². The van der Waals surface area contributed by atoms with Gasteiger partial charge < -0.3 is 14.2 Å². The van der Waals surface area contributed by atoms with Crippen LogP contribution < -0.4 is 0 Å². The Labute approximate surface area is 362 Å². The first-order chi connectivity index (χ1) is 28.6. The smallest absolute Gasteiger partial charge is 0.306 e. The summed E-state index contributed by atoms with van der Waals surface area (Å²) in [7, 11) is 0. The molecule has 0 bridgehead atoms. The Bertz CT molecular complexity index is 882. The van der Waals surface area contributed by atoms with Crippen LogP contribution in [0.15, 0.2) is 24.3 Å². The van der Waals surface area contributed by atoms with Gasteiger partial charge in [-0.3, -0.25) is 9.59 Å². The monoisotopic (exact) mass is 817 g/mol. The summed E-state index contributed by atoms with van der Waals surface area (Å²) in [6.45, 7) is 7.79. The SMILES string of the molecule is CCC/C=C\C/C=C\CCCCCCCC(=O)OCC(COCCCCCCCCCCCCCCCCCCCCCC)OC(=O)CCCCCCCCCCC. The van der Waals surface area contributed by atoms with Crippen molar-refractivity contribution in [3.8, 4) is 0 Å². The van der Waals surface area contributed by atoms with Gasteiger partial charge in [-0.25, -0.2) is 0 Å². The van der Waals surface area contributed by atoms with Gasteiger partial charge >= 0.3 is 11.9 Å². The van der Waals surface area contributed by atoms with Gasteiger partial charge in [0.15, 0.2) is 6.10 Å². The molecular formula is C53H100O5. The average Bonchev–Trinajstić information content (AvgIpc) is 3.22. The number of rotatable bonds is 48. The first-order valence-corrected chi connectivity index (χ1v) is 25.9. The van der Waals surface area contributed by atoms with E-state index in [1.165, 1.54) is 193 Å². The van der Waals surface area contributed by atoms with Crippen LogP contribution in [0.3, 0.4) is 0 Å². The Morgan fingerprint density at radius 1 is 0.379 bits per heavy atom. The predicted molar refractivity (Wildman–Crippen MR) is 252 cm³/mol. The summed E-state index contributed by atoms with van der Waals surface area (Å²) in [5.74, 6) is -0.401. The lowest BCUT2D eigenvalue weighted by atomic mass is 10.0. The number of allylic oxidation sites excluding steroid dienone is 4. The first-order valence-electron chi connectivity index (χ1n) is 25.9. The zero-order valence-electron chi connectivity index (χ0n) is 39.3. The number of carbonyl (C=O) groups is 2. The number of esters is 2. The lowest BCUT2D eigenvalue weighted by Gasteiger charge is -2.18.